The van der Waals surface area contributed by atoms with Crippen molar-refractivity contribution in [3.05, 3.63) is 65.6 Å². The smallest absolute Gasteiger partial charge is 0.224 e. The van der Waals surface area contributed by atoms with Crippen molar-refractivity contribution in [1.82, 2.24) is 15.3 Å². The molecule has 1 aromatic carbocycles. The fourth-order valence-electron chi connectivity index (χ4n) is 5.77. The van der Waals surface area contributed by atoms with E-state index < -0.39 is 12.1 Å². The number of aryl methyl sites for hydroxylation is 1. The van der Waals surface area contributed by atoms with Crippen LogP contribution in [0.3, 0.4) is 0 Å². The average Bonchev–Trinajstić information content (AvgIpc) is 3.50. The highest BCUT2D eigenvalue weighted by Crippen LogP contribution is 2.60. The van der Waals surface area contributed by atoms with Crippen LogP contribution in [0.5, 0.6) is 0 Å². The van der Waals surface area contributed by atoms with Gasteiger partial charge in [0, 0.05) is 29.2 Å². The zero-order valence-electron chi connectivity index (χ0n) is 19.1. The van der Waals surface area contributed by atoms with Crippen LogP contribution >= 0.6 is 0 Å². The second kappa shape index (κ2) is 8.92. The first-order chi connectivity index (χ1) is 16.0. The summed E-state index contributed by atoms with van der Waals surface area (Å²) in [5, 5.41) is 24.9. The summed E-state index contributed by atoms with van der Waals surface area (Å²) in [6.45, 7) is 1.60. The second-order valence-electron chi connectivity index (χ2n) is 10.0. The van der Waals surface area contributed by atoms with Gasteiger partial charge in [-0.25, -0.2) is 0 Å². The maximum Gasteiger partial charge on any atom is 0.224 e. The Labute approximate surface area is 194 Å². The van der Waals surface area contributed by atoms with Gasteiger partial charge in [-0.05, 0) is 86.1 Å². The van der Waals surface area contributed by atoms with Crippen molar-refractivity contribution in [3.63, 3.8) is 0 Å². The molecule has 2 aromatic heterocycles. The van der Waals surface area contributed by atoms with Gasteiger partial charge in [-0.2, -0.15) is 0 Å². The number of amides is 1. The minimum Gasteiger partial charge on any atom is -0.394 e. The maximum absolute atomic E-state index is 13.4. The van der Waals surface area contributed by atoms with Crippen LogP contribution < -0.4 is 5.32 Å². The summed E-state index contributed by atoms with van der Waals surface area (Å²) < 4.78 is 0. The van der Waals surface area contributed by atoms with Crippen molar-refractivity contribution >= 4 is 16.8 Å². The highest BCUT2D eigenvalue weighted by molar-refractivity contribution is 5.83. The summed E-state index contributed by atoms with van der Waals surface area (Å²) in [4.78, 5) is 21.0. The van der Waals surface area contributed by atoms with E-state index in [1.807, 2.05) is 19.2 Å². The third kappa shape index (κ3) is 4.30. The minimum absolute atomic E-state index is 0.0433. The van der Waals surface area contributed by atoms with Gasteiger partial charge in [-0.3, -0.25) is 9.78 Å². The Morgan fingerprint density at radius 2 is 2.03 bits per heavy atom. The molecule has 6 nitrogen and oxygen atoms in total. The Balaban J connectivity index is 1.31. The first-order valence-electron chi connectivity index (χ1n) is 12.1. The van der Waals surface area contributed by atoms with Crippen molar-refractivity contribution < 1.29 is 15.0 Å². The standard InChI is InChI=1S/C27H33N3O3/c1-17-5-8-23(29-15-17)25(32)24(16-31)30-26(33)21-7-6-18(9-11-27(21)12-13-27)19-3-2-4-22-20(19)10-14-28-22/h2-5,8,10,14-15,18,21,24-25,28,31-32H,6-7,9,11-13,16H2,1H3,(H,30,33)/t18?,21-,24?,25+/m1/s1. The van der Waals surface area contributed by atoms with Crippen LogP contribution in [-0.4, -0.2) is 38.7 Å². The van der Waals surface area contributed by atoms with Crippen LogP contribution in [0.4, 0.5) is 0 Å². The SMILES string of the molecule is Cc1ccc([C@H](O)C(CO)NC(=O)[C@H]2CCC(c3cccc4[nH]ccc34)CCC23CC3)nc1. The molecule has 2 unspecified atom stereocenters. The van der Waals surface area contributed by atoms with E-state index in [0.717, 1.165) is 49.6 Å². The highest BCUT2D eigenvalue weighted by Gasteiger charge is 2.53. The molecule has 2 heterocycles. The van der Waals surface area contributed by atoms with Gasteiger partial charge in [0.1, 0.15) is 6.10 Å². The molecule has 0 radical (unpaired) electrons. The summed E-state index contributed by atoms with van der Waals surface area (Å²) in [6, 6.07) is 11.5. The van der Waals surface area contributed by atoms with Gasteiger partial charge >= 0.3 is 0 Å². The predicted molar refractivity (Wildman–Crippen MR) is 128 cm³/mol. The number of aromatic amines is 1. The molecule has 2 aliphatic rings. The van der Waals surface area contributed by atoms with Crippen LogP contribution in [0.15, 0.2) is 48.8 Å². The Morgan fingerprint density at radius 3 is 2.76 bits per heavy atom. The molecule has 1 spiro atoms. The van der Waals surface area contributed by atoms with Crippen LogP contribution in [-0.2, 0) is 4.79 Å². The van der Waals surface area contributed by atoms with E-state index >= 15 is 0 Å². The number of aromatic nitrogens is 2. The van der Waals surface area contributed by atoms with E-state index in [2.05, 4.69) is 39.6 Å². The molecule has 2 aliphatic carbocycles. The van der Waals surface area contributed by atoms with Crippen molar-refractivity contribution in [2.45, 2.75) is 63.5 Å². The van der Waals surface area contributed by atoms with Crippen LogP contribution in [0.2, 0.25) is 0 Å². The Morgan fingerprint density at radius 1 is 1.18 bits per heavy atom. The molecule has 0 aliphatic heterocycles. The fourth-order valence-corrected chi connectivity index (χ4v) is 5.77. The number of nitrogens with one attached hydrogen (secondary N) is 2. The zero-order chi connectivity index (χ0) is 23.0. The highest BCUT2D eigenvalue weighted by atomic mass is 16.3. The lowest BCUT2D eigenvalue weighted by molar-refractivity contribution is -0.129. The van der Waals surface area contributed by atoms with Crippen molar-refractivity contribution in [2.75, 3.05) is 6.61 Å². The average molecular weight is 448 g/mol. The molecule has 6 heteroatoms. The number of carbonyl (C=O) groups is 1. The number of pyridine rings is 1. The van der Waals surface area contributed by atoms with E-state index in [-0.39, 0.29) is 23.8 Å². The van der Waals surface area contributed by atoms with Gasteiger partial charge in [-0.15, -0.1) is 0 Å². The normalized spacial score (nSPS) is 23.7. The molecule has 33 heavy (non-hydrogen) atoms. The first kappa shape index (κ1) is 22.1. The van der Waals surface area contributed by atoms with E-state index in [1.54, 1.807) is 12.3 Å². The number of fused-ring (bicyclic) bond motifs is 1. The van der Waals surface area contributed by atoms with Crippen molar-refractivity contribution in [2.24, 2.45) is 11.3 Å². The lowest BCUT2D eigenvalue weighted by Crippen LogP contribution is -2.46. The number of nitrogens with zero attached hydrogens (tertiary/aromatic N) is 1. The molecular weight excluding hydrogens is 414 g/mol. The summed E-state index contributed by atoms with van der Waals surface area (Å²) in [5.41, 5.74) is 4.06. The van der Waals surface area contributed by atoms with Gasteiger partial charge in [0.05, 0.1) is 18.3 Å². The molecule has 2 fully saturated rings. The first-order valence-corrected chi connectivity index (χ1v) is 12.1. The zero-order valence-corrected chi connectivity index (χ0v) is 19.1. The van der Waals surface area contributed by atoms with Crippen LogP contribution in [0, 0.1) is 18.3 Å². The number of hydrogen-bond donors (Lipinski definition) is 4. The van der Waals surface area contributed by atoms with Crippen molar-refractivity contribution in [3.8, 4) is 0 Å². The van der Waals surface area contributed by atoms with Crippen LogP contribution in [0.25, 0.3) is 10.9 Å². The molecule has 0 bridgehead atoms. The van der Waals surface area contributed by atoms with Gasteiger partial charge in [0.2, 0.25) is 5.91 Å². The molecule has 0 saturated heterocycles. The lowest BCUT2D eigenvalue weighted by Gasteiger charge is -2.28. The molecule has 4 atom stereocenters. The summed E-state index contributed by atoms with van der Waals surface area (Å²) in [7, 11) is 0. The number of rotatable bonds is 6. The number of carbonyl (C=O) groups excluding carboxylic acids is 1. The maximum atomic E-state index is 13.4. The molecular formula is C27H33N3O3. The van der Waals surface area contributed by atoms with E-state index in [0.29, 0.717) is 11.6 Å². The molecule has 5 rings (SSSR count). The topological polar surface area (TPSA) is 98.2 Å². The second-order valence-corrected chi connectivity index (χ2v) is 10.0. The molecule has 1 amide bonds. The fraction of sp³-hybridized carbons (Fsp3) is 0.481. The summed E-state index contributed by atoms with van der Waals surface area (Å²) in [6.07, 6.45) is 8.73. The van der Waals surface area contributed by atoms with Gasteiger partial charge in [0.15, 0.2) is 0 Å². The quantitative estimate of drug-likeness (QED) is 0.457. The monoisotopic (exact) mass is 447 g/mol. The molecule has 174 valence electrons. The number of H-pyrrole nitrogens is 1. The number of benzene rings is 1. The number of aliphatic hydroxyl groups is 2. The molecule has 4 N–H and O–H groups in total. The Hall–Kier alpha value is -2.70. The van der Waals surface area contributed by atoms with E-state index in [1.165, 1.54) is 10.9 Å². The van der Waals surface area contributed by atoms with Gasteiger partial charge < -0.3 is 20.5 Å². The van der Waals surface area contributed by atoms with Crippen LogP contribution in [0.1, 0.15) is 67.4 Å². The van der Waals surface area contributed by atoms with Crippen molar-refractivity contribution in [1.29, 1.82) is 0 Å². The van der Waals surface area contributed by atoms with Gasteiger partial charge in [-0.1, -0.05) is 18.2 Å². The largest absolute Gasteiger partial charge is 0.394 e. The molecule has 3 aromatic rings. The van der Waals surface area contributed by atoms with E-state index in [4.69, 9.17) is 0 Å². The van der Waals surface area contributed by atoms with E-state index in [9.17, 15) is 15.0 Å². The number of hydrogen-bond acceptors (Lipinski definition) is 4. The number of aliphatic hydroxyl groups excluding tert-OH is 2. The lowest BCUT2D eigenvalue weighted by atomic mass is 9.83. The third-order valence-electron chi connectivity index (χ3n) is 7.95. The van der Waals surface area contributed by atoms with Gasteiger partial charge in [0.25, 0.3) is 0 Å². The third-order valence-corrected chi connectivity index (χ3v) is 7.95. The predicted octanol–water partition coefficient (Wildman–Crippen LogP) is 4.14. The Bertz CT molecular complexity index is 1120. The minimum atomic E-state index is -1.04. The molecule has 2 saturated carbocycles. The Kier molecular flexibility index (Phi) is 5.97. The summed E-state index contributed by atoms with van der Waals surface area (Å²) in [5.74, 6) is 0.314. The summed E-state index contributed by atoms with van der Waals surface area (Å²) >= 11 is 0.